The van der Waals surface area contributed by atoms with Crippen LogP contribution in [-0.4, -0.2) is 48.1 Å². The second-order valence-electron chi connectivity index (χ2n) is 6.29. The molecule has 0 aliphatic carbocycles. The van der Waals surface area contributed by atoms with Crippen molar-refractivity contribution in [2.45, 2.75) is 38.8 Å². The fraction of sp³-hybridized carbons (Fsp3) is 0.471. The molecule has 1 atom stereocenters. The van der Waals surface area contributed by atoms with Gasteiger partial charge in [-0.2, -0.15) is 0 Å². The Bertz CT molecular complexity index is 583. The van der Waals surface area contributed by atoms with Gasteiger partial charge < -0.3 is 25.2 Å². The maximum absolute atomic E-state index is 11.7. The zero-order valence-electron chi connectivity index (χ0n) is 14.6. The van der Waals surface area contributed by atoms with Crippen LogP contribution in [0.4, 0.5) is 9.59 Å². The molecule has 0 saturated heterocycles. The van der Waals surface area contributed by atoms with Crippen molar-refractivity contribution in [2.75, 3.05) is 13.2 Å². The molecule has 0 aliphatic heterocycles. The largest absolute Gasteiger partial charge is 0.480 e. The summed E-state index contributed by atoms with van der Waals surface area (Å²) in [6.45, 7) is 5.14. The first-order chi connectivity index (χ1) is 11.7. The quantitative estimate of drug-likeness (QED) is 0.646. The molecule has 2 amide bonds. The lowest BCUT2D eigenvalue weighted by molar-refractivity contribution is -0.139. The third kappa shape index (κ3) is 9.19. The SMILES string of the molecule is CC(C)(C)OC(=O)NCCOC(=O)N[C@@H](Cc1ccccc1)C(=O)O. The molecule has 0 bridgehead atoms. The number of rotatable bonds is 7. The maximum Gasteiger partial charge on any atom is 0.407 e. The van der Waals surface area contributed by atoms with Crippen molar-refractivity contribution in [1.82, 2.24) is 10.6 Å². The van der Waals surface area contributed by atoms with E-state index in [1.54, 1.807) is 45.0 Å². The van der Waals surface area contributed by atoms with Crippen LogP contribution in [0.1, 0.15) is 26.3 Å². The molecule has 0 aromatic heterocycles. The fourth-order valence-corrected chi connectivity index (χ4v) is 1.84. The number of carboxylic acid groups (broad SMARTS) is 1. The lowest BCUT2D eigenvalue weighted by atomic mass is 10.1. The van der Waals surface area contributed by atoms with E-state index in [0.717, 1.165) is 5.56 Å². The molecule has 1 aromatic carbocycles. The molecule has 0 saturated carbocycles. The Kier molecular flexibility index (Phi) is 7.71. The average Bonchev–Trinajstić information content (AvgIpc) is 2.50. The molecule has 0 aliphatic rings. The highest BCUT2D eigenvalue weighted by molar-refractivity contribution is 5.80. The third-order valence-electron chi connectivity index (χ3n) is 2.88. The van der Waals surface area contributed by atoms with Crippen molar-refractivity contribution in [3.63, 3.8) is 0 Å². The van der Waals surface area contributed by atoms with Crippen LogP contribution in [-0.2, 0) is 20.7 Å². The summed E-state index contributed by atoms with van der Waals surface area (Å²) in [6, 6.07) is 7.83. The molecule has 3 N–H and O–H groups in total. The molecule has 25 heavy (non-hydrogen) atoms. The molecule has 1 rings (SSSR count). The summed E-state index contributed by atoms with van der Waals surface area (Å²) in [5, 5.41) is 13.9. The van der Waals surface area contributed by atoms with Gasteiger partial charge in [0.2, 0.25) is 0 Å². The molecule has 1 aromatic rings. The molecule has 138 valence electrons. The van der Waals surface area contributed by atoms with Gasteiger partial charge in [0.25, 0.3) is 0 Å². The van der Waals surface area contributed by atoms with Crippen LogP contribution < -0.4 is 10.6 Å². The summed E-state index contributed by atoms with van der Waals surface area (Å²) in [5.41, 5.74) is 0.163. The molecule has 0 spiro atoms. The van der Waals surface area contributed by atoms with Gasteiger partial charge in [0, 0.05) is 6.42 Å². The molecule has 8 heteroatoms. The van der Waals surface area contributed by atoms with Crippen molar-refractivity contribution in [2.24, 2.45) is 0 Å². The van der Waals surface area contributed by atoms with Crippen LogP contribution >= 0.6 is 0 Å². The summed E-state index contributed by atoms with van der Waals surface area (Å²) < 4.78 is 9.88. The zero-order valence-corrected chi connectivity index (χ0v) is 14.6. The number of nitrogens with one attached hydrogen (secondary N) is 2. The van der Waals surface area contributed by atoms with Crippen LogP contribution in [0, 0.1) is 0 Å². The summed E-state index contributed by atoms with van der Waals surface area (Å²) in [6.07, 6.45) is -1.35. The van der Waals surface area contributed by atoms with E-state index in [1.807, 2.05) is 6.07 Å². The molecule has 0 unspecified atom stereocenters. The minimum atomic E-state index is -1.16. The van der Waals surface area contributed by atoms with Crippen LogP contribution in [0.2, 0.25) is 0 Å². The zero-order chi connectivity index (χ0) is 18.9. The molecule has 8 nitrogen and oxygen atoms in total. The number of carbonyl (C=O) groups excluding carboxylic acids is 2. The second-order valence-corrected chi connectivity index (χ2v) is 6.29. The minimum Gasteiger partial charge on any atom is -0.480 e. The first-order valence-corrected chi connectivity index (χ1v) is 7.84. The number of benzene rings is 1. The van der Waals surface area contributed by atoms with E-state index in [-0.39, 0.29) is 19.6 Å². The van der Waals surface area contributed by atoms with Gasteiger partial charge in [-0.05, 0) is 26.3 Å². The third-order valence-corrected chi connectivity index (χ3v) is 2.88. The van der Waals surface area contributed by atoms with Crippen molar-refractivity contribution in [1.29, 1.82) is 0 Å². The van der Waals surface area contributed by atoms with E-state index in [0.29, 0.717) is 0 Å². The van der Waals surface area contributed by atoms with Gasteiger partial charge in [-0.3, -0.25) is 0 Å². The summed E-state index contributed by atoms with van der Waals surface area (Å²) in [7, 11) is 0. The van der Waals surface area contributed by atoms with Crippen molar-refractivity contribution in [3.05, 3.63) is 35.9 Å². The molecule has 0 heterocycles. The number of amides is 2. The Hall–Kier alpha value is -2.77. The predicted molar refractivity (Wildman–Crippen MR) is 90.3 cm³/mol. The number of hydrogen-bond donors (Lipinski definition) is 3. The Morgan fingerprint density at radius 1 is 1.12 bits per heavy atom. The Morgan fingerprint density at radius 2 is 1.76 bits per heavy atom. The number of ether oxygens (including phenoxy) is 2. The Balaban J connectivity index is 2.33. The van der Waals surface area contributed by atoms with Gasteiger partial charge in [-0.25, -0.2) is 14.4 Å². The molecular weight excluding hydrogens is 328 g/mol. The minimum absolute atomic E-state index is 0.0543. The van der Waals surface area contributed by atoms with E-state index in [2.05, 4.69) is 10.6 Å². The predicted octanol–water partition coefficient (Wildman–Crippen LogP) is 1.93. The standard InChI is InChI=1S/C17H24N2O6/c1-17(2,3)25-15(22)18-9-10-24-16(23)19-13(14(20)21)11-12-7-5-4-6-8-12/h4-8,13H,9-11H2,1-3H3,(H,18,22)(H,19,23)(H,20,21)/t13-/m0/s1. The smallest absolute Gasteiger partial charge is 0.407 e. The molecule has 0 fully saturated rings. The average molecular weight is 352 g/mol. The highest BCUT2D eigenvalue weighted by Crippen LogP contribution is 2.06. The van der Waals surface area contributed by atoms with Gasteiger partial charge in [-0.15, -0.1) is 0 Å². The Labute approximate surface area is 146 Å². The van der Waals surface area contributed by atoms with Crippen molar-refractivity contribution in [3.8, 4) is 0 Å². The maximum atomic E-state index is 11.7. The van der Waals surface area contributed by atoms with Crippen LogP contribution in [0.5, 0.6) is 0 Å². The van der Waals surface area contributed by atoms with Crippen LogP contribution in [0.15, 0.2) is 30.3 Å². The highest BCUT2D eigenvalue weighted by atomic mass is 16.6. The molecule has 0 radical (unpaired) electrons. The van der Waals surface area contributed by atoms with Gasteiger partial charge >= 0.3 is 18.2 Å². The van der Waals surface area contributed by atoms with Gasteiger partial charge in [0.05, 0.1) is 6.54 Å². The Morgan fingerprint density at radius 3 is 2.32 bits per heavy atom. The first-order valence-electron chi connectivity index (χ1n) is 7.84. The lowest BCUT2D eigenvalue weighted by Gasteiger charge is -2.19. The first kappa shape index (κ1) is 20.3. The fourth-order valence-electron chi connectivity index (χ4n) is 1.84. The topological polar surface area (TPSA) is 114 Å². The number of aliphatic carboxylic acids is 1. The van der Waals surface area contributed by atoms with Crippen molar-refractivity contribution >= 4 is 18.2 Å². The van der Waals surface area contributed by atoms with E-state index in [1.165, 1.54) is 0 Å². The summed E-state index contributed by atoms with van der Waals surface area (Å²) in [4.78, 5) is 34.3. The number of alkyl carbamates (subject to hydrolysis) is 2. The van der Waals surface area contributed by atoms with E-state index in [9.17, 15) is 19.5 Å². The van der Waals surface area contributed by atoms with Gasteiger partial charge in [0.15, 0.2) is 0 Å². The summed E-state index contributed by atoms with van der Waals surface area (Å²) in [5.74, 6) is -1.16. The van der Waals surface area contributed by atoms with Crippen LogP contribution in [0.3, 0.4) is 0 Å². The van der Waals surface area contributed by atoms with Gasteiger partial charge in [-0.1, -0.05) is 30.3 Å². The van der Waals surface area contributed by atoms with Crippen molar-refractivity contribution < 1.29 is 29.0 Å². The van der Waals surface area contributed by atoms with Crippen LogP contribution in [0.25, 0.3) is 0 Å². The van der Waals surface area contributed by atoms with E-state index < -0.39 is 29.8 Å². The number of carboxylic acids is 1. The number of hydrogen-bond acceptors (Lipinski definition) is 5. The highest BCUT2D eigenvalue weighted by Gasteiger charge is 2.21. The molecular formula is C17H24N2O6. The normalized spacial score (nSPS) is 12.0. The van der Waals surface area contributed by atoms with Gasteiger partial charge in [0.1, 0.15) is 18.2 Å². The monoisotopic (exact) mass is 352 g/mol. The number of carbonyl (C=O) groups is 3. The van der Waals surface area contributed by atoms with E-state index in [4.69, 9.17) is 9.47 Å². The van der Waals surface area contributed by atoms with E-state index >= 15 is 0 Å². The second kappa shape index (κ2) is 9.51. The summed E-state index contributed by atoms with van der Waals surface area (Å²) >= 11 is 0. The lowest BCUT2D eigenvalue weighted by Crippen LogP contribution is -2.43.